The van der Waals surface area contributed by atoms with Crippen LogP contribution in [0.15, 0.2) is 78.0 Å². The summed E-state index contributed by atoms with van der Waals surface area (Å²) < 4.78 is 7.07. The minimum Gasteiger partial charge on any atom is -0.455 e. The molecular formula is C22H23N3O3S. The molecular weight excluding hydrogens is 386 g/mol. The highest BCUT2D eigenvalue weighted by Gasteiger charge is 2.22. The van der Waals surface area contributed by atoms with E-state index in [-0.39, 0.29) is 12.5 Å². The molecule has 1 aromatic heterocycles. The third kappa shape index (κ3) is 5.71. The van der Waals surface area contributed by atoms with Crippen LogP contribution in [0.5, 0.6) is 0 Å². The maximum atomic E-state index is 12.5. The van der Waals surface area contributed by atoms with Crippen LogP contribution in [0.1, 0.15) is 24.4 Å². The molecule has 29 heavy (non-hydrogen) atoms. The number of ether oxygens (including phenoxy) is 1. The van der Waals surface area contributed by atoms with Crippen molar-refractivity contribution in [1.29, 1.82) is 0 Å². The number of aromatic nitrogens is 2. The van der Waals surface area contributed by atoms with Gasteiger partial charge < -0.3 is 14.6 Å². The quantitative estimate of drug-likeness (QED) is 0.456. The van der Waals surface area contributed by atoms with Gasteiger partial charge in [0.25, 0.3) is 5.91 Å². The zero-order chi connectivity index (χ0) is 20.6. The lowest BCUT2D eigenvalue weighted by molar-refractivity contribution is -0.147. The third-order valence-electron chi connectivity index (χ3n) is 4.29. The number of hydrogen-bond acceptors (Lipinski definition) is 5. The number of rotatable bonds is 8. The van der Waals surface area contributed by atoms with Gasteiger partial charge in [-0.05, 0) is 24.6 Å². The van der Waals surface area contributed by atoms with Crippen LogP contribution < -0.4 is 5.32 Å². The fraction of sp³-hybridized carbons (Fsp3) is 0.227. The fourth-order valence-electron chi connectivity index (χ4n) is 2.81. The Morgan fingerprint density at radius 1 is 1.10 bits per heavy atom. The molecule has 1 heterocycles. The molecule has 0 saturated heterocycles. The summed E-state index contributed by atoms with van der Waals surface area (Å²) in [5, 5.41) is 2.50. The van der Waals surface area contributed by atoms with Crippen LogP contribution >= 0.6 is 11.8 Å². The monoisotopic (exact) mass is 409 g/mol. The number of imidazole rings is 1. The first kappa shape index (κ1) is 20.7. The predicted molar refractivity (Wildman–Crippen MR) is 112 cm³/mol. The topological polar surface area (TPSA) is 73.2 Å². The van der Waals surface area contributed by atoms with E-state index in [4.69, 9.17) is 4.74 Å². The lowest BCUT2D eigenvalue weighted by Crippen LogP contribution is -2.35. The molecule has 3 aromatic rings. The molecule has 0 fully saturated rings. The van der Waals surface area contributed by atoms with E-state index in [1.807, 2.05) is 78.5 Å². The molecule has 2 unspecified atom stereocenters. The number of esters is 1. The lowest BCUT2D eigenvalue weighted by atomic mass is 10.1. The van der Waals surface area contributed by atoms with E-state index < -0.39 is 17.3 Å². The maximum Gasteiger partial charge on any atom is 0.319 e. The van der Waals surface area contributed by atoms with Gasteiger partial charge in [0.05, 0.1) is 0 Å². The number of amides is 1. The minimum atomic E-state index is -0.432. The summed E-state index contributed by atoms with van der Waals surface area (Å²) in [4.78, 5) is 30.1. The molecule has 0 aliphatic rings. The van der Waals surface area contributed by atoms with Gasteiger partial charge in [-0.15, -0.1) is 11.8 Å². The first-order valence-electron chi connectivity index (χ1n) is 9.24. The second-order valence-electron chi connectivity index (χ2n) is 6.49. The number of nitrogens with zero attached hydrogens (tertiary/aromatic N) is 2. The number of thioether (sulfide) groups is 1. The van der Waals surface area contributed by atoms with Gasteiger partial charge in [0.2, 0.25) is 0 Å². The molecule has 150 valence electrons. The Labute approximate surface area is 174 Å². The number of carbonyl (C=O) groups is 2. The standard InChI is InChI=1S/C22H23N3O3S/c1-16(29-18-11-7-4-8-12-18)22(27)28-15-19(26)24-20(17-9-5-3-6-10-17)21-23-13-14-25(21)2/h3-14,16,20H,15H2,1-2H3,(H,24,26). The van der Waals surface area contributed by atoms with Crippen LogP contribution in [-0.2, 0) is 21.4 Å². The van der Waals surface area contributed by atoms with E-state index >= 15 is 0 Å². The van der Waals surface area contributed by atoms with Gasteiger partial charge in [0, 0.05) is 24.3 Å². The second-order valence-corrected chi connectivity index (χ2v) is 7.90. The summed E-state index contributed by atoms with van der Waals surface area (Å²) in [7, 11) is 1.87. The summed E-state index contributed by atoms with van der Waals surface area (Å²) in [5.41, 5.74) is 0.898. The van der Waals surface area contributed by atoms with Crippen molar-refractivity contribution in [3.63, 3.8) is 0 Å². The Bertz CT molecular complexity index is 944. The lowest BCUT2D eigenvalue weighted by Gasteiger charge is -2.19. The van der Waals surface area contributed by atoms with Crippen molar-refractivity contribution < 1.29 is 14.3 Å². The fourth-order valence-corrected chi connectivity index (χ4v) is 3.69. The minimum absolute atomic E-state index is 0.341. The van der Waals surface area contributed by atoms with Gasteiger partial charge in [-0.3, -0.25) is 9.59 Å². The van der Waals surface area contributed by atoms with E-state index in [9.17, 15) is 9.59 Å². The van der Waals surface area contributed by atoms with Gasteiger partial charge in [-0.25, -0.2) is 4.98 Å². The number of aryl methyl sites for hydroxylation is 1. The van der Waals surface area contributed by atoms with Gasteiger partial charge in [-0.2, -0.15) is 0 Å². The summed E-state index contributed by atoms with van der Waals surface area (Å²) in [6.45, 7) is 1.42. The average Bonchev–Trinajstić information content (AvgIpc) is 3.17. The molecule has 0 radical (unpaired) electrons. The molecule has 0 aliphatic carbocycles. The summed E-state index contributed by atoms with van der Waals surface area (Å²) in [6.07, 6.45) is 3.50. The highest BCUT2D eigenvalue weighted by molar-refractivity contribution is 8.00. The molecule has 0 bridgehead atoms. The Morgan fingerprint density at radius 2 is 1.76 bits per heavy atom. The van der Waals surface area contributed by atoms with Crippen LogP contribution in [0.2, 0.25) is 0 Å². The van der Waals surface area contributed by atoms with E-state index in [0.717, 1.165) is 10.5 Å². The van der Waals surface area contributed by atoms with Crippen LogP contribution in [0, 0.1) is 0 Å². The van der Waals surface area contributed by atoms with E-state index in [2.05, 4.69) is 10.3 Å². The van der Waals surface area contributed by atoms with Gasteiger partial charge in [0.15, 0.2) is 6.61 Å². The van der Waals surface area contributed by atoms with Crippen molar-refractivity contribution in [2.24, 2.45) is 7.05 Å². The van der Waals surface area contributed by atoms with Crippen LogP contribution in [0.3, 0.4) is 0 Å². The highest BCUT2D eigenvalue weighted by Crippen LogP contribution is 2.23. The first-order chi connectivity index (χ1) is 14.0. The van der Waals surface area contributed by atoms with Crippen molar-refractivity contribution in [3.8, 4) is 0 Å². The highest BCUT2D eigenvalue weighted by atomic mass is 32.2. The van der Waals surface area contributed by atoms with Crippen molar-refractivity contribution >= 4 is 23.6 Å². The molecule has 7 heteroatoms. The van der Waals surface area contributed by atoms with Crippen LogP contribution in [0.25, 0.3) is 0 Å². The molecule has 3 rings (SSSR count). The van der Waals surface area contributed by atoms with Crippen LogP contribution in [-0.4, -0.2) is 33.3 Å². The Morgan fingerprint density at radius 3 is 2.38 bits per heavy atom. The molecule has 0 aliphatic heterocycles. The molecule has 1 N–H and O–H groups in total. The van der Waals surface area contributed by atoms with Gasteiger partial charge in [0.1, 0.15) is 17.1 Å². The SMILES string of the molecule is CC(Sc1ccccc1)C(=O)OCC(=O)NC(c1ccccc1)c1nccn1C. The number of nitrogens with one attached hydrogen (secondary N) is 1. The van der Waals surface area contributed by atoms with E-state index in [1.165, 1.54) is 11.8 Å². The van der Waals surface area contributed by atoms with Crippen molar-refractivity contribution in [2.45, 2.75) is 23.1 Å². The summed E-state index contributed by atoms with van der Waals surface area (Å²) in [6, 6.07) is 18.7. The normalized spacial score (nSPS) is 12.8. The zero-order valence-corrected chi connectivity index (χ0v) is 17.1. The predicted octanol–water partition coefficient (Wildman–Crippen LogP) is 3.35. The van der Waals surface area contributed by atoms with E-state index in [0.29, 0.717) is 5.82 Å². The maximum absolute atomic E-state index is 12.5. The molecule has 2 aromatic carbocycles. The van der Waals surface area contributed by atoms with Crippen molar-refractivity contribution in [2.75, 3.05) is 6.61 Å². The molecule has 6 nitrogen and oxygen atoms in total. The largest absolute Gasteiger partial charge is 0.455 e. The Kier molecular flexibility index (Phi) is 7.08. The molecule has 0 spiro atoms. The smallest absolute Gasteiger partial charge is 0.319 e. The first-order valence-corrected chi connectivity index (χ1v) is 10.1. The van der Waals surface area contributed by atoms with E-state index in [1.54, 1.807) is 13.1 Å². The third-order valence-corrected chi connectivity index (χ3v) is 5.38. The molecule has 1 amide bonds. The Balaban J connectivity index is 1.59. The van der Waals surface area contributed by atoms with Gasteiger partial charge >= 0.3 is 5.97 Å². The number of carbonyl (C=O) groups excluding carboxylic acids is 2. The van der Waals surface area contributed by atoms with Gasteiger partial charge in [-0.1, -0.05) is 48.5 Å². The number of hydrogen-bond donors (Lipinski definition) is 1. The van der Waals surface area contributed by atoms with Crippen molar-refractivity contribution in [3.05, 3.63) is 84.4 Å². The zero-order valence-electron chi connectivity index (χ0n) is 16.3. The number of benzene rings is 2. The van der Waals surface area contributed by atoms with Crippen molar-refractivity contribution in [1.82, 2.24) is 14.9 Å². The Hall–Kier alpha value is -3.06. The molecule has 2 atom stereocenters. The second kappa shape index (κ2) is 9.93. The summed E-state index contributed by atoms with van der Waals surface area (Å²) in [5.74, 6) is -0.113. The van der Waals surface area contributed by atoms with Crippen LogP contribution in [0.4, 0.5) is 0 Å². The summed E-state index contributed by atoms with van der Waals surface area (Å²) >= 11 is 1.39. The average molecular weight is 410 g/mol. The molecule has 0 saturated carbocycles.